The Bertz CT molecular complexity index is 1470. The maximum Gasteiger partial charge on any atom is 0.359 e. The lowest BCUT2D eigenvalue weighted by molar-refractivity contribution is -0.135. The van der Waals surface area contributed by atoms with Crippen LogP contribution in [-0.2, 0) is 19.1 Å². The molecule has 3 aromatic rings. The monoisotopic (exact) mass is 500 g/mol. The Morgan fingerprint density at radius 1 is 0.892 bits per heavy atom. The number of ether oxygens (including phenoxy) is 2. The molecule has 0 saturated heterocycles. The van der Waals surface area contributed by atoms with E-state index in [4.69, 9.17) is 9.47 Å². The van der Waals surface area contributed by atoms with Crippen molar-refractivity contribution < 1.29 is 23.9 Å². The van der Waals surface area contributed by atoms with Gasteiger partial charge in [-0.05, 0) is 50.3 Å². The number of amides is 1. The van der Waals surface area contributed by atoms with Crippen LogP contribution in [0.25, 0.3) is 11.8 Å². The van der Waals surface area contributed by atoms with Gasteiger partial charge in [0.25, 0.3) is 11.5 Å². The fourth-order valence-corrected chi connectivity index (χ4v) is 3.62. The average Bonchev–Trinajstić information content (AvgIpc) is 3.42. The van der Waals surface area contributed by atoms with Crippen molar-refractivity contribution in [1.29, 1.82) is 0 Å². The molecule has 0 bridgehead atoms. The van der Waals surface area contributed by atoms with Crippen molar-refractivity contribution in [2.45, 2.75) is 13.8 Å². The Hall–Kier alpha value is -4.99. The second kappa shape index (κ2) is 11.2. The fourth-order valence-electron chi connectivity index (χ4n) is 3.62. The molecule has 37 heavy (non-hydrogen) atoms. The molecule has 0 atom stereocenters. The Morgan fingerprint density at radius 3 is 2.11 bits per heavy atom. The highest BCUT2D eigenvalue weighted by Crippen LogP contribution is 2.24. The number of para-hydroxylation sites is 2. The van der Waals surface area contributed by atoms with Crippen LogP contribution < -0.4 is 10.6 Å². The van der Waals surface area contributed by atoms with E-state index in [-0.39, 0.29) is 35.8 Å². The van der Waals surface area contributed by atoms with Gasteiger partial charge in [0.05, 0.1) is 35.7 Å². The summed E-state index contributed by atoms with van der Waals surface area (Å²) >= 11 is 0. The van der Waals surface area contributed by atoms with Gasteiger partial charge in [0.15, 0.2) is 11.4 Å². The molecule has 1 aliphatic rings. The first-order valence-corrected chi connectivity index (χ1v) is 11.6. The minimum Gasteiger partial charge on any atom is -0.461 e. The third kappa shape index (κ3) is 5.18. The summed E-state index contributed by atoms with van der Waals surface area (Å²) in [6.07, 6.45) is 4.13. The van der Waals surface area contributed by atoms with Gasteiger partial charge in [0, 0.05) is 0 Å². The summed E-state index contributed by atoms with van der Waals surface area (Å²) in [6, 6.07) is 17.4. The molecule has 1 aromatic heterocycles. The summed E-state index contributed by atoms with van der Waals surface area (Å²) in [5.74, 6) is -2.00. The van der Waals surface area contributed by atoms with Crippen LogP contribution in [0.3, 0.4) is 0 Å². The zero-order valence-corrected chi connectivity index (χ0v) is 20.2. The SMILES string of the molecule is CCOC(=O)C1=NN(c2ccccc2)C(=O)C1=CC=Cc1c(C(=O)OCC)[nH]n(-c2ccccc2)c1=O. The lowest BCUT2D eigenvalue weighted by atomic mass is 10.1. The number of benzene rings is 2. The molecule has 0 fully saturated rings. The topological polar surface area (TPSA) is 123 Å². The number of aromatic nitrogens is 2. The van der Waals surface area contributed by atoms with Crippen molar-refractivity contribution in [1.82, 2.24) is 9.78 Å². The first-order valence-electron chi connectivity index (χ1n) is 11.6. The number of nitrogens with zero attached hydrogens (tertiary/aromatic N) is 3. The number of nitrogens with one attached hydrogen (secondary N) is 1. The summed E-state index contributed by atoms with van der Waals surface area (Å²) in [4.78, 5) is 51.4. The van der Waals surface area contributed by atoms with E-state index in [1.165, 1.54) is 22.9 Å². The van der Waals surface area contributed by atoms with Crippen molar-refractivity contribution in [2.75, 3.05) is 18.2 Å². The number of H-pyrrole nitrogens is 1. The highest BCUT2D eigenvalue weighted by Gasteiger charge is 2.35. The predicted octanol–water partition coefficient (Wildman–Crippen LogP) is 3.25. The van der Waals surface area contributed by atoms with Gasteiger partial charge >= 0.3 is 11.9 Å². The number of esters is 2. The molecule has 2 heterocycles. The van der Waals surface area contributed by atoms with Crippen LogP contribution in [0, 0.1) is 0 Å². The Kier molecular flexibility index (Phi) is 7.58. The second-order valence-electron chi connectivity index (χ2n) is 7.66. The highest BCUT2D eigenvalue weighted by atomic mass is 16.5. The summed E-state index contributed by atoms with van der Waals surface area (Å²) < 4.78 is 11.4. The molecule has 10 nitrogen and oxygen atoms in total. The molecule has 0 unspecified atom stereocenters. The number of hydrazone groups is 1. The lowest BCUT2D eigenvalue weighted by Crippen LogP contribution is -2.22. The molecule has 4 rings (SSSR count). The van der Waals surface area contributed by atoms with Gasteiger partial charge in [0.1, 0.15) is 0 Å². The fraction of sp³-hybridized carbons (Fsp3) is 0.148. The van der Waals surface area contributed by atoms with Gasteiger partial charge in [-0.15, -0.1) is 0 Å². The van der Waals surface area contributed by atoms with Crippen LogP contribution in [0.15, 0.2) is 88.3 Å². The average molecular weight is 501 g/mol. The van der Waals surface area contributed by atoms with Crippen molar-refractivity contribution in [3.63, 3.8) is 0 Å². The third-order valence-electron chi connectivity index (χ3n) is 5.29. The summed E-state index contributed by atoms with van der Waals surface area (Å²) in [6.45, 7) is 3.53. The third-order valence-corrected chi connectivity index (χ3v) is 5.29. The van der Waals surface area contributed by atoms with Crippen LogP contribution in [0.5, 0.6) is 0 Å². The smallest absolute Gasteiger partial charge is 0.359 e. The van der Waals surface area contributed by atoms with E-state index in [0.717, 1.165) is 5.01 Å². The van der Waals surface area contributed by atoms with Crippen molar-refractivity contribution >= 4 is 35.3 Å². The first kappa shape index (κ1) is 25.1. The Balaban J connectivity index is 1.74. The summed E-state index contributed by atoms with van der Waals surface area (Å²) in [5, 5.41) is 8.07. The molecular formula is C27H24N4O6. The van der Waals surface area contributed by atoms with Crippen LogP contribution in [0.1, 0.15) is 29.9 Å². The van der Waals surface area contributed by atoms with Gasteiger partial charge in [-0.25, -0.2) is 14.3 Å². The van der Waals surface area contributed by atoms with Gasteiger partial charge < -0.3 is 9.47 Å². The highest BCUT2D eigenvalue weighted by molar-refractivity contribution is 6.53. The molecule has 0 spiro atoms. The van der Waals surface area contributed by atoms with Gasteiger partial charge in [0.2, 0.25) is 0 Å². The zero-order valence-electron chi connectivity index (χ0n) is 20.2. The van der Waals surface area contributed by atoms with E-state index < -0.39 is 23.4 Å². The maximum absolute atomic E-state index is 13.2. The van der Waals surface area contributed by atoms with Crippen molar-refractivity contribution in [2.24, 2.45) is 5.10 Å². The van der Waals surface area contributed by atoms with E-state index in [9.17, 15) is 19.2 Å². The Morgan fingerprint density at radius 2 is 1.49 bits per heavy atom. The number of allylic oxidation sites excluding steroid dienone is 2. The molecule has 1 N–H and O–H groups in total. The van der Waals surface area contributed by atoms with Crippen LogP contribution in [0.4, 0.5) is 5.69 Å². The van der Waals surface area contributed by atoms with E-state index in [2.05, 4.69) is 10.2 Å². The molecule has 0 aliphatic carbocycles. The summed E-state index contributed by atoms with van der Waals surface area (Å²) in [7, 11) is 0. The molecule has 2 aromatic carbocycles. The number of hydrogen-bond acceptors (Lipinski definition) is 7. The van der Waals surface area contributed by atoms with E-state index in [0.29, 0.717) is 11.4 Å². The standard InChI is InChI=1S/C27H24N4O6/c1-3-36-26(34)22-20(24(32)30(28-22)18-12-7-5-8-13-18)16-11-17-21-23(27(35)37-4-2)29-31(25(21)33)19-14-9-6-10-15-19/h5-17,28H,3-4H2,1-2H3. The quantitative estimate of drug-likeness (QED) is 0.374. The zero-order chi connectivity index (χ0) is 26.4. The van der Waals surface area contributed by atoms with Gasteiger partial charge in [-0.2, -0.15) is 10.1 Å². The van der Waals surface area contributed by atoms with E-state index in [1.54, 1.807) is 74.5 Å². The van der Waals surface area contributed by atoms with Crippen molar-refractivity contribution in [3.05, 3.63) is 100.0 Å². The number of anilines is 1. The maximum atomic E-state index is 13.2. The first-order chi connectivity index (χ1) is 18.0. The molecule has 0 radical (unpaired) electrons. The Labute approximate surface area is 212 Å². The second-order valence-corrected chi connectivity index (χ2v) is 7.66. The molecule has 10 heteroatoms. The minimum atomic E-state index is -0.755. The van der Waals surface area contributed by atoms with Gasteiger partial charge in [-0.1, -0.05) is 42.5 Å². The normalized spacial score (nSPS) is 14.3. The number of rotatable bonds is 8. The summed E-state index contributed by atoms with van der Waals surface area (Å²) in [5.41, 5.74) is 0.302. The largest absolute Gasteiger partial charge is 0.461 e. The van der Waals surface area contributed by atoms with E-state index >= 15 is 0 Å². The molecular weight excluding hydrogens is 476 g/mol. The molecule has 188 valence electrons. The van der Waals surface area contributed by atoms with Gasteiger partial charge in [-0.3, -0.25) is 14.7 Å². The van der Waals surface area contributed by atoms with E-state index in [1.807, 2.05) is 0 Å². The number of hydrogen-bond donors (Lipinski definition) is 1. The van der Waals surface area contributed by atoms with Crippen LogP contribution in [-0.4, -0.2) is 46.6 Å². The number of aromatic amines is 1. The molecule has 1 amide bonds. The van der Waals surface area contributed by atoms with Crippen LogP contribution in [0.2, 0.25) is 0 Å². The van der Waals surface area contributed by atoms with Crippen LogP contribution >= 0.6 is 0 Å². The lowest BCUT2D eigenvalue weighted by Gasteiger charge is -2.10. The number of carbonyl (C=O) groups is 3. The predicted molar refractivity (Wildman–Crippen MR) is 137 cm³/mol. The van der Waals surface area contributed by atoms with Crippen molar-refractivity contribution in [3.8, 4) is 5.69 Å². The molecule has 1 aliphatic heterocycles. The number of carbonyl (C=O) groups excluding carboxylic acids is 3. The minimum absolute atomic E-state index is 0.0184. The molecule has 0 saturated carbocycles.